The highest BCUT2D eigenvalue weighted by Crippen LogP contribution is 2.39. The molecule has 2 heterocycles. The molecule has 0 saturated heterocycles. The third-order valence-corrected chi connectivity index (χ3v) is 10.6. The molecular weight excluding hydrogens is 400 g/mol. The molecule has 2 aromatic rings. The molecule has 1 aliphatic rings. The maximum absolute atomic E-state index is 11.3. The van der Waals surface area contributed by atoms with Crippen LogP contribution in [0.15, 0.2) is 16.6 Å². The van der Waals surface area contributed by atoms with E-state index in [2.05, 4.69) is 59.3 Å². The SMILES string of the molecule is CC(C)(C)[Si](C)(C)O[C@H]1CCc2nc3cc(C(=O)O)cc(Br)c3n2C1. The third kappa shape index (κ3) is 3.41. The minimum absolute atomic E-state index is 0.178. The van der Waals surface area contributed by atoms with Crippen LogP contribution in [0.2, 0.25) is 18.1 Å². The van der Waals surface area contributed by atoms with Gasteiger partial charge in [0.25, 0.3) is 0 Å². The highest BCUT2D eigenvalue weighted by Gasteiger charge is 2.40. The van der Waals surface area contributed by atoms with Crippen molar-refractivity contribution in [2.24, 2.45) is 0 Å². The molecule has 0 radical (unpaired) electrons. The summed E-state index contributed by atoms with van der Waals surface area (Å²) in [4.78, 5) is 15.9. The summed E-state index contributed by atoms with van der Waals surface area (Å²) in [5, 5.41) is 9.43. The smallest absolute Gasteiger partial charge is 0.335 e. The number of hydrogen-bond donors (Lipinski definition) is 1. The molecule has 7 heteroatoms. The standard InChI is InChI=1S/C18H25BrN2O3Si/c1-18(2,3)25(4,5)24-12-6-7-15-20-14-9-11(17(22)23)8-13(19)16(14)21(15)10-12/h8-9,12H,6-7,10H2,1-5H3,(H,22,23)/t12-/m0/s1. The molecule has 1 aliphatic heterocycles. The molecule has 1 aromatic heterocycles. The van der Waals surface area contributed by atoms with E-state index in [0.29, 0.717) is 0 Å². The van der Waals surface area contributed by atoms with Gasteiger partial charge in [-0.15, -0.1) is 0 Å². The second-order valence-corrected chi connectivity index (χ2v) is 13.9. The van der Waals surface area contributed by atoms with E-state index in [4.69, 9.17) is 4.43 Å². The molecule has 0 saturated carbocycles. The Labute approximate surface area is 157 Å². The zero-order chi connectivity index (χ0) is 18.6. The van der Waals surface area contributed by atoms with Crippen LogP contribution >= 0.6 is 15.9 Å². The fourth-order valence-electron chi connectivity index (χ4n) is 3.05. The number of fused-ring (bicyclic) bond motifs is 3. The van der Waals surface area contributed by atoms with Crippen LogP contribution in [-0.4, -0.2) is 35.0 Å². The van der Waals surface area contributed by atoms with Crippen molar-refractivity contribution in [3.05, 3.63) is 28.0 Å². The molecule has 0 fully saturated rings. The number of aryl methyl sites for hydroxylation is 1. The van der Waals surface area contributed by atoms with Gasteiger partial charge in [0.05, 0.1) is 22.7 Å². The van der Waals surface area contributed by atoms with E-state index in [0.717, 1.165) is 40.7 Å². The van der Waals surface area contributed by atoms with Gasteiger partial charge in [-0.05, 0) is 52.6 Å². The zero-order valence-corrected chi connectivity index (χ0v) is 18.0. The van der Waals surface area contributed by atoms with E-state index in [9.17, 15) is 9.90 Å². The molecule has 0 aliphatic carbocycles. The van der Waals surface area contributed by atoms with Gasteiger partial charge >= 0.3 is 5.97 Å². The van der Waals surface area contributed by atoms with Crippen molar-refractivity contribution >= 4 is 41.3 Å². The molecule has 1 atom stereocenters. The fourth-order valence-corrected chi connectivity index (χ4v) is 5.09. The fraction of sp³-hybridized carbons (Fsp3) is 0.556. The number of carboxylic acids is 1. The predicted octanol–water partition coefficient (Wildman–Crippen LogP) is 4.83. The molecule has 0 bridgehead atoms. The Morgan fingerprint density at radius 2 is 2.08 bits per heavy atom. The molecule has 0 unspecified atom stereocenters. The topological polar surface area (TPSA) is 64.3 Å². The Morgan fingerprint density at radius 1 is 1.40 bits per heavy atom. The average Bonchev–Trinajstić information content (AvgIpc) is 2.83. The number of imidazole rings is 1. The predicted molar refractivity (Wildman–Crippen MR) is 105 cm³/mol. The Kier molecular flexibility index (Phi) is 4.62. The van der Waals surface area contributed by atoms with Crippen molar-refractivity contribution in [3.63, 3.8) is 0 Å². The zero-order valence-electron chi connectivity index (χ0n) is 15.4. The van der Waals surface area contributed by atoms with Gasteiger partial charge in [0.1, 0.15) is 5.82 Å². The van der Waals surface area contributed by atoms with E-state index in [1.807, 2.05) is 0 Å². The lowest BCUT2D eigenvalue weighted by molar-refractivity contribution is 0.0697. The Bertz CT molecular complexity index is 839. The first-order chi connectivity index (χ1) is 11.5. The number of carboxylic acid groups (broad SMARTS) is 1. The first kappa shape index (κ1) is 18.6. The summed E-state index contributed by atoms with van der Waals surface area (Å²) in [6, 6.07) is 3.30. The average molecular weight is 425 g/mol. The summed E-state index contributed by atoms with van der Waals surface area (Å²) in [5.74, 6) is 0.0704. The molecule has 3 rings (SSSR count). The number of aromatic nitrogens is 2. The summed E-state index contributed by atoms with van der Waals surface area (Å²) in [5.41, 5.74) is 1.95. The molecule has 0 amide bonds. The summed E-state index contributed by atoms with van der Waals surface area (Å²) < 4.78 is 9.56. The Morgan fingerprint density at radius 3 is 2.68 bits per heavy atom. The van der Waals surface area contributed by atoms with Crippen LogP contribution in [0.3, 0.4) is 0 Å². The number of halogens is 1. The van der Waals surface area contributed by atoms with Crippen molar-refractivity contribution < 1.29 is 14.3 Å². The summed E-state index contributed by atoms with van der Waals surface area (Å²) in [7, 11) is -1.82. The lowest BCUT2D eigenvalue weighted by Gasteiger charge is -2.40. The minimum Gasteiger partial charge on any atom is -0.478 e. The number of hydrogen-bond acceptors (Lipinski definition) is 3. The van der Waals surface area contributed by atoms with E-state index in [1.54, 1.807) is 12.1 Å². The van der Waals surface area contributed by atoms with Crippen LogP contribution in [0, 0.1) is 0 Å². The van der Waals surface area contributed by atoms with Gasteiger partial charge in [0.2, 0.25) is 0 Å². The van der Waals surface area contributed by atoms with E-state index in [-0.39, 0.29) is 16.7 Å². The maximum Gasteiger partial charge on any atom is 0.335 e. The minimum atomic E-state index is -1.82. The molecule has 136 valence electrons. The van der Waals surface area contributed by atoms with Gasteiger partial charge in [0.15, 0.2) is 8.32 Å². The van der Waals surface area contributed by atoms with Gasteiger partial charge in [-0.3, -0.25) is 0 Å². The Hall–Kier alpha value is -1.18. The van der Waals surface area contributed by atoms with Crippen molar-refractivity contribution in [2.75, 3.05) is 0 Å². The van der Waals surface area contributed by atoms with Crippen molar-refractivity contribution in [1.82, 2.24) is 9.55 Å². The second kappa shape index (κ2) is 6.21. The summed E-state index contributed by atoms with van der Waals surface area (Å²) >= 11 is 3.53. The normalized spacial score (nSPS) is 18.4. The highest BCUT2D eigenvalue weighted by molar-refractivity contribution is 9.10. The molecule has 5 nitrogen and oxygen atoms in total. The Balaban J connectivity index is 1.94. The molecular formula is C18H25BrN2O3Si. The van der Waals surface area contributed by atoms with Gasteiger partial charge in [0, 0.05) is 17.4 Å². The van der Waals surface area contributed by atoms with E-state index < -0.39 is 14.3 Å². The van der Waals surface area contributed by atoms with Gasteiger partial charge in [-0.25, -0.2) is 9.78 Å². The monoisotopic (exact) mass is 424 g/mol. The van der Waals surface area contributed by atoms with Crippen molar-refractivity contribution in [2.45, 2.75) is 64.4 Å². The van der Waals surface area contributed by atoms with Crippen LogP contribution < -0.4 is 0 Å². The summed E-state index contributed by atoms with van der Waals surface area (Å²) in [6.07, 6.45) is 1.99. The molecule has 25 heavy (non-hydrogen) atoms. The lowest BCUT2D eigenvalue weighted by atomic mass is 10.1. The summed E-state index contributed by atoms with van der Waals surface area (Å²) in [6.45, 7) is 12.1. The molecule has 1 aromatic carbocycles. The number of benzene rings is 1. The number of rotatable bonds is 3. The van der Waals surface area contributed by atoms with Crippen LogP contribution in [0.4, 0.5) is 0 Å². The van der Waals surface area contributed by atoms with E-state index in [1.165, 1.54) is 0 Å². The number of aromatic carboxylic acids is 1. The van der Waals surface area contributed by atoms with Crippen molar-refractivity contribution in [1.29, 1.82) is 0 Å². The number of nitrogens with zero attached hydrogens (tertiary/aromatic N) is 2. The molecule has 0 spiro atoms. The van der Waals surface area contributed by atoms with Crippen LogP contribution in [0.25, 0.3) is 11.0 Å². The van der Waals surface area contributed by atoms with Crippen LogP contribution in [0.5, 0.6) is 0 Å². The third-order valence-electron chi connectivity index (χ3n) is 5.46. The van der Waals surface area contributed by atoms with Crippen LogP contribution in [-0.2, 0) is 17.4 Å². The number of carbonyl (C=O) groups is 1. The van der Waals surface area contributed by atoms with Gasteiger partial charge in [-0.2, -0.15) is 0 Å². The van der Waals surface area contributed by atoms with E-state index >= 15 is 0 Å². The molecule has 1 N–H and O–H groups in total. The van der Waals surface area contributed by atoms with Crippen LogP contribution in [0.1, 0.15) is 43.4 Å². The van der Waals surface area contributed by atoms with Gasteiger partial charge in [-0.1, -0.05) is 20.8 Å². The highest BCUT2D eigenvalue weighted by atomic mass is 79.9. The maximum atomic E-state index is 11.3. The first-order valence-electron chi connectivity index (χ1n) is 8.59. The lowest BCUT2D eigenvalue weighted by Crippen LogP contribution is -2.46. The van der Waals surface area contributed by atoms with Gasteiger partial charge < -0.3 is 14.1 Å². The second-order valence-electron chi connectivity index (χ2n) is 8.31. The first-order valence-corrected chi connectivity index (χ1v) is 12.3. The van der Waals surface area contributed by atoms with Crippen molar-refractivity contribution in [3.8, 4) is 0 Å². The quantitative estimate of drug-likeness (QED) is 0.716. The largest absolute Gasteiger partial charge is 0.478 e.